The molecule has 0 aliphatic carbocycles. The SMILES string of the molecule is Cc1ccc2nc(SCC(=O)N3C[C@@H]4CC[C@H](C3)N(C)C4=O)[nH]c2c1. The number of carbonyl (C=O) groups excluding carboxylic acids is 2. The molecular weight excluding hydrogens is 336 g/mol. The molecule has 2 amide bonds. The molecular formula is C18H22N4O2S. The standard InChI is InChI=1S/C18H22N4O2S/c1-11-3-6-14-15(7-11)20-18(19-14)25-10-16(23)22-8-12-4-5-13(9-22)21(2)17(12)24/h3,6-7,12-13H,4-5,8-10H2,1-2H3,(H,19,20)/t12-,13+/m0/s1. The number of nitrogens with one attached hydrogen (secondary N) is 1. The Morgan fingerprint density at radius 1 is 1.36 bits per heavy atom. The number of nitrogens with zero attached hydrogens (tertiary/aromatic N) is 3. The average molecular weight is 358 g/mol. The van der Waals surface area contributed by atoms with Crippen LogP contribution in [-0.2, 0) is 9.59 Å². The van der Waals surface area contributed by atoms with Crippen molar-refractivity contribution in [2.75, 3.05) is 25.9 Å². The molecule has 0 unspecified atom stereocenters. The van der Waals surface area contributed by atoms with E-state index in [4.69, 9.17) is 0 Å². The lowest BCUT2D eigenvalue weighted by molar-refractivity contribution is -0.138. The quantitative estimate of drug-likeness (QED) is 0.853. The highest BCUT2D eigenvalue weighted by atomic mass is 32.2. The van der Waals surface area contributed by atoms with Gasteiger partial charge in [-0.2, -0.15) is 0 Å². The van der Waals surface area contributed by atoms with E-state index in [2.05, 4.69) is 16.0 Å². The molecule has 3 aliphatic heterocycles. The van der Waals surface area contributed by atoms with Crippen molar-refractivity contribution < 1.29 is 9.59 Å². The third-order valence-corrected chi connectivity index (χ3v) is 6.12. The van der Waals surface area contributed by atoms with E-state index in [9.17, 15) is 9.59 Å². The number of thioether (sulfide) groups is 1. The van der Waals surface area contributed by atoms with Crippen molar-refractivity contribution in [3.05, 3.63) is 23.8 Å². The van der Waals surface area contributed by atoms with E-state index >= 15 is 0 Å². The minimum absolute atomic E-state index is 0.0353. The van der Waals surface area contributed by atoms with Crippen molar-refractivity contribution in [3.63, 3.8) is 0 Å². The van der Waals surface area contributed by atoms with Crippen LogP contribution in [0.2, 0.25) is 0 Å². The third kappa shape index (κ3) is 3.13. The first-order valence-electron chi connectivity index (χ1n) is 8.65. The van der Waals surface area contributed by atoms with Gasteiger partial charge < -0.3 is 14.8 Å². The summed E-state index contributed by atoms with van der Waals surface area (Å²) in [6, 6.07) is 6.24. The maximum atomic E-state index is 12.7. The Morgan fingerprint density at radius 2 is 2.20 bits per heavy atom. The van der Waals surface area contributed by atoms with Crippen molar-refractivity contribution in [1.82, 2.24) is 19.8 Å². The van der Waals surface area contributed by atoms with Crippen LogP contribution in [-0.4, -0.2) is 63.5 Å². The summed E-state index contributed by atoms with van der Waals surface area (Å²) in [5, 5.41) is 0.764. The summed E-state index contributed by atoms with van der Waals surface area (Å²) >= 11 is 1.43. The van der Waals surface area contributed by atoms with Crippen LogP contribution in [0.3, 0.4) is 0 Å². The second kappa shape index (κ2) is 6.37. The molecule has 2 atom stereocenters. The number of aryl methyl sites for hydroxylation is 1. The molecule has 2 aromatic rings. The highest BCUT2D eigenvalue weighted by Gasteiger charge is 2.39. The molecule has 4 heterocycles. The predicted molar refractivity (Wildman–Crippen MR) is 97.4 cm³/mol. The smallest absolute Gasteiger partial charge is 0.233 e. The van der Waals surface area contributed by atoms with Gasteiger partial charge in [-0.15, -0.1) is 0 Å². The predicted octanol–water partition coefficient (Wildman–Crippen LogP) is 2.04. The van der Waals surface area contributed by atoms with Gasteiger partial charge >= 0.3 is 0 Å². The number of hydrogen-bond acceptors (Lipinski definition) is 4. The highest BCUT2D eigenvalue weighted by Crippen LogP contribution is 2.28. The number of fused-ring (bicyclic) bond motifs is 5. The lowest BCUT2D eigenvalue weighted by Gasteiger charge is -2.32. The molecule has 132 valence electrons. The molecule has 7 heteroatoms. The molecule has 6 nitrogen and oxygen atoms in total. The fourth-order valence-electron chi connectivity index (χ4n) is 3.75. The van der Waals surface area contributed by atoms with Gasteiger partial charge in [0.05, 0.1) is 22.7 Å². The van der Waals surface area contributed by atoms with Crippen molar-refractivity contribution in [2.45, 2.75) is 31.0 Å². The highest BCUT2D eigenvalue weighted by molar-refractivity contribution is 7.99. The molecule has 1 aromatic carbocycles. The zero-order valence-corrected chi connectivity index (χ0v) is 15.3. The van der Waals surface area contributed by atoms with Gasteiger partial charge in [0.25, 0.3) is 0 Å². The zero-order chi connectivity index (χ0) is 17.6. The average Bonchev–Trinajstić information content (AvgIpc) is 2.80. The van der Waals surface area contributed by atoms with Gasteiger partial charge in [0.15, 0.2) is 5.16 Å². The lowest BCUT2D eigenvalue weighted by atomic mass is 9.95. The van der Waals surface area contributed by atoms with E-state index in [1.54, 1.807) is 0 Å². The van der Waals surface area contributed by atoms with Crippen LogP contribution >= 0.6 is 11.8 Å². The molecule has 3 aliphatic rings. The number of hydrogen-bond donors (Lipinski definition) is 1. The molecule has 3 fully saturated rings. The second-order valence-corrected chi connectivity index (χ2v) is 7.99. The maximum Gasteiger partial charge on any atom is 0.233 e. The van der Waals surface area contributed by atoms with Crippen molar-refractivity contribution in [3.8, 4) is 0 Å². The summed E-state index contributed by atoms with van der Waals surface area (Å²) in [5.41, 5.74) is 3.09. The van der Waals surface area contributed by atoms with E-state index < -0.39 is 0 Å². The van der Waals surface area contributed by atoms with E-state index in [1.807, 2.05) is 35.9 Å². The van der Waals surface area contributed by atoms with Crippen LogP contribution in [0, 0.1) is 12.8 Å². The second-order valence-electron chi connectivity index (χ2n) is 7.03. The maximum absolute atomic E-state index is 12.7. The molecule has 5 rings (SSSR count). The molecule has 1 N–H and O–H groups in total. The van der Waals surface area contributed by atoms with E-state index in [-0.39, 0.29) is 23.8 Å². The van der Waals surface area contributed by atoms with Gasteiger partial charge in [-0.1, -0.05) is 17.8 Å². The summed E-state index contributed by atoms with van der Waals surface area (Å²) in [4.78, 5) is 36.4. The molecule has 0 radical (unpaired) electrons. The summed E-state index contributed by atoms with van der Waals surface area (Å²) in [6.45, 7) is 3.25. The van der Waals surface area contributed by atoms with Crippen LogP contribution in [0.25, 0.3) is 11.0 Å². The van der Waals surface area contributed by atoms with Crippen molar-refractivity contribution in [2.24, 2.45) is 5.92 Å². The van der Waals surface area contributed by atoms with E-state index in [0.29, 0.717) is 18.8 Å². The van der Waals surface area contributed by atoms with Crippen LogP contribution in [0.5, 0.6) is 0 Å². The Bertz CT molecular complexity index is 834. The Hall–Kier alpha value is -2.02. The molecule has 0 saturated carbocycles. The number of carbonyl (C=O) groups is 2. The van der Waals surface area contributed by atoms with E-state index in [0.717, 1.165) is 29.0 Å². The Labute approximate surface area is 151 Å². The van der Waals surface area contributed by atoms with Gasteiger partial charge in [0, 0.05) is 26.2 Å². The summed E-state index contributed by atoms with van der Waals surface area (Å²) in [7, 11) is 1.86. The fourth-order valence-corrected chi connectivity index (χ4v) is 4.54. The molecule has 2 bridgehead atoms. The monoisotopic (exact) mass is 358 g/mol. The van der Waals surface area contributed by atoms with Crippen LogP contribution in [0.4, 0.5) is 0 Å². The van der Waals surface area contributed by atoms with Gasteiger partial charge in [-0.3, -0.25) is 9.59 Å². The number of piperidine rings is 1. The largest absolute Gasteiger partial charge is 0.341 e. The number of aromatic nitrogens is 2. The van der Waals surface area contributed by atoms with Crippen molar-refractivity contribution in [1.29, 1.82) is 0 Å². The Kier molecular flexibility index (Phi) is 4.19. The van der Waals surface area contributed by atoms with Crippen LogP contribution in [0.1, 0.15) is 18.4 Å². The number of H-pyrrole nitrogens is 1. The van der Waals surface area contributed by atoms with Crippen molar-refractivity contribution >= 4 is 34.6 Å². The molecule has 3 saturated heterocycles. The lowest BCUT2D eigenvalue weighted by Crippen LogP contribution is -2.45. The minimum atomic E-state index is -0.0353. The normalized spacial score (nSPS) is 23.4. The number of imidazole rings is 1. The summed E-state index contributed by atoms with van der Waals surface area (Å²) in [6.07, 6.45) is 1.89. The number of likely N-dealkylation sites (N-methyl/N-ethyl adjacent to an activating group) is 1. The minimum Gasteiger partial charge on any atom is -0.341 e. The van der Waals surface area contributed by atoms with E-state index in [1.165, 1.54) is 17.3 Å². The molecule has 0 spiro atoms. The van der Waals surface area contributed by atoms with Gasteiger partial charge in [0.1, 0.15) is 0 Å². The zero-order valence-electron chi connectivity index (χ0n) is 14.5. The Balaban J connectivity index is 1.42. The summed E-state index contributed by atoms with van der Waals surface area (Å²) in [5.74, 6) is 0.580. The first kappa shape index (κ1) is 16.4. The fraction of sp³-hybridized carbons (Fsp3) is 0.500. The van der Waals surface area contributed by atoms with Gasteiger partial charge in [-0.25, -0.2) is 4.98 Å². The van der Waals surface area contributed by atoms with Crippen LogP contribution in [0.15, 0.2) is 23.4 Å². The number of aromatic amines is 1. The first-order chi connectivity index (χ1) is 12.0. The Morgan fingerprint density at radius 3 is 3.04 bits per heavy atom. The molecule has 1 aromatic heterocycles. The van der Waals surface area contributed by atoms with Gasteiger partial charge in [0.2, 0.25) is 11.8 Å². The first-order valence-corrected chi connectivity index (χ1v) is 9.63. The molecule has 25 heavy (non-hydrogen) atoms. The third-order valence-electron chi connectivity index (χ3n) is 5.27. The van der Waals surface area contributed by atoms with Gasteiger partial charge in [-0.05, 0) is 37.5 Å². The number of benzene rings is 1. The number of amides is 2. The van der Waals surface area contributed by atoms with Crippen LogP contribution < -0.4 is 0 Å². The summed E-state index contributed by atoms with van der Waals surface area (Å²) < 4.78 is 0. The topological polar surface area (TPSA) is 69.3 Å². The number of rotatable bonds is 3.